The van der Waals surface area contributed by atoms with Crippen molar-refractivity contribution in [1.82, 2.24) is 0 Å². The van der Waals surface area contributed by atoms with Crippen molar-refractivity contribution >= 4 is 5.69 Å². The van der Waals surface area contributed by atoms with Crippen LogP contribution in [0.1, 0.15) is 19.4 Å². The number of benzene rings is 1. The Morgan fingerprint density at radius 3 is 2.57 bits per heavy atom. The van der Waals surface area contributed by atoms with Crippen LogP contribution in [0.5, 0.6) is 0 Å². The van der Waals surface area contributed by atoms with Gasteiger partial charge in [0.1, 0.15) is 5.82 Å². The molecule has 0 N–H and O–H groups in total. The zero-order chi connectivity index (χ0) is 10.7. The predicted octanol–water partition coefficient (Wildman–Crippen LogP) is 2.93. The maximum atomic E-state index is 12.9. The largest absolute Gasteiger partial charge is 0.272 e. The Kier molecular flexibility index (Phi) is 3.17. The van der Waals surface area contributed by atoms with Crippen molar-refractivity contribution in [3.8, 4) is 0 Å². The maximum Gasteiger partial charge on any atom is 0.272 e. The van der Waals surface area contributed by atoms with Crippen LogP contribution in [0, 0.1) is 21.8 Å². The Labute approximate surface area is 81.7 Å². The molecule has 4 heteroatoms. The standard InChI is InChI=1S/C10H12FNO2/c1-7(2)3-8-4-9(11)6-10(5-8)12(13)14/h4-7H,3H2,1-2H3. The van der Waals surface area contributed by atoms with E-state index in [-0.39, 0.29) is 5.69 Å². The summed E-state index contributed by atoms with van der Waals surface area (Å²) in [6, 6.07) is 3.69. The van der Waals surface area contributed by atoms with Crippen LogP contribution in [-0.4, -0.2) is 4.92 Å². The summed E-state index contributed by atoms with van der Waals surface area (Å²) in [6.45, 7) is 3.97. The number of hydrogen-bond acceptors (Lipinski definition) is 2. The molecule has 0 saturated carbocycles. The average molecular weight is 197 g/mol. The highest BCUT2D eigenvalue weighted by Crippen LogP contribution is 2.18. The summed E-state index contributed by atoms with van der Waals surface area (Å²) in [5, 5.41) is 10.4. The molecule has 0 fully saturated rings. The van der Waals surface area contributed by atoms with Gasteiger partial charge < -0.3 is 0 Å². The van der Waals surface area contributed by atoms with Crippen LogP contribution in [0.25, 0.3) is 0 Å². The molecule has 0 saturated heterocycles. The molecule has 1 rings (SSSR count). The molecule has 76 valence electrons. The fourth-order valence-corrected chi connectivity index (χ4v) is 1.33. The van der Waals surface area contributed by atoms with Gasteiger partial charge in [0.25, 0.3) is 5.69 Å². The van der Waals surface area contributed by atoms with Crippen molar-refractivity contribution in [3.05, 3.63) is 39.7 Å². The Bertz CT molecular complexity index is 350. The Balaban J connectivity index is 3.01. The smallest absolute Gasteiger partial charge is 0.258 e. The summed E-state index contributed by atoms with van der Waals surface area (Å²) < 4.78 is 12.9. The van der Waals surface area contributed by atoms with Gasteiger partial charge in [0.15, 0.2) is 0 Å². The molecule has 0 spiro atoms. The first-order valence-corrected chi connectivity index (χ1v) is 4.43. The molecule has 0 unspecified atom stereocenters. The van der Waals surface area contributed by atoms with E-state index in [9.17, 15) is 14.5 Å². The first-order chi connectivity index (χ1) is 6.49. The minimum atomic E-state index is -0.576. The normalized spacial score (nSPS) is 10.6. The molecule has 0 amide bonds. The summed E-state index contributed by atoms with van der Waals surface area (Å²) in [6.07, 6.45) is 0.651. The number of nitrogens with zero attached hydrogens (tertiary/aromatic N) is 1. The topological polar surface area (TPSA) is 43.1 Å². The minimum absolute atomic E-state index is 0.180. The van der Waals surface area contributed by atoms with E-state index in [2.05, 4.69) is 0 Å². The van der Waals surface area contributed by atoms with Gasteiger partial charge in [-0.15, -0.1) is 0 Å². The highest BCUT2D eigenvalue weighted by molar-refractivity contribution is 5.35. The number of non-ortho nitro benzene ring substituents is 1. The lowest BCUT2D eigenvalue weighted by atomic mass is 10.0. The molecular formula is C10H12FNO2. The number of rotatable bonds is 3. The van der Waals surface area contributed by atoms with Gasteiger partial charge in [-0.05, 0) is 24.0 Å². The lowest BCUT2D eigenvalue weighted by Crippen LogP contribution is -1.97. The van der Waals surface area contributed by atoms with E-state index < -0.39 is 10.7 Å². The van der Waals surface area contributed by atoms with Crippen molar-refractivity contribution in [2.45, 2.75) is 20.3 Å². The molecule has 0 aliphatic heterocycles. The fraction of sp³-hybridized carbons (Fsp3) is 0.400. The second-order valence-corrected chi connectivity index (χ2v) is 3.67. The highest BCUT2D eigenvalue weighted by Gasteiger charge is 2.10. The Hall–Kier alpha value is -1.45. The Morgan fingerprint density at radius 1 is 1.43 bits per heavy atom. The third-order valence-corrected chi connectivity index (χ3v) is 1.80. The van der Waals surface area contributed by atoms with E-state index in [0.717, 1.165) is 6.07 Å². The second-order valence-electron chi connectivity index (χ2n) is 3.67. The van der Waals surface area contributed by atoms with Gasteiger partial charge in [-0.25, -0.2) is 4.39 Å². The van der Waals surface area contributed by atoms with E-state index >= 15 is 0 Å². The summed E-state index contributed by atoms with van der Waals surface area (Å²) in [4.78, 5) is 9.85. The summed E-state index contributed by atoms with van der Waals surface area (Å²) in [7, 11) is 0. The quantitative estimate of drug-likeness (QED) is 0.552. The van der Waals surface area contributed by atoms with Crippen LogP contribution < -0.4 is 0 Å². The second kappa shape index (κ2) is 4.17. The van der Waals surface area contributed by atoms with Crippen LogP contribution in [0.3, 0.4) is 0 Å². The fourth-order valence-electron chi connectivity index (χ4n) is 1.33. The molecule has 1 aromatic rings. The molecule has 0 aliphatic carbocycles. The van der Waals surface area contributed by atoms with Crippen LogP contribution >= 0.6 is 0 Å². The van der Waals surface area contributed by atoms with Crippen LogP contribution in [0.2, 0.25) is 0 Å². The van der Waals surface area contributed by atoms with E-state index in [4.69, 9.17) is 0 Å². The van der Waals surface area contributed by atoms with Gasteiger partial charge in [0, 0.05) is 6.07 Å². The first kappa shape index (κ1) is 10.6. The lowest BCUT2D eigenvalue weighted by molar-refractivity contribution is -0.385. The molecule has 1 aromatic carbocycles. The molecule has 14 heavy (non-hydrogen) atoms. The van der Waals surface area contributed by atoms with Crippen LogP contribution in [0.4, 0.5) is 10.1 Å². The van der Waals surface area contributed by atoms with E-state index in [1.165, 1.54) is 12.1 Å². The zero-order valence-corrected chi connectivity index (χ0v) is 8.16. The molecule has 0 atom stereocenters. The van der Waals surface area contributed by atoms with Crippen molar-refractivity contribution in [3.63, 3.8) is 0 Å². The summed E-state index contributed by atoms with van der Waals surface area (Å²) in [5.41, 5.74) is 0.493. The summed E-state index contributed by atoms with van der Waals surface area (Å²) >= 11 is 0. The van der Waals surface area contributed by atoms with Crippen molar-refractivity contribution in [2.24, 2.45) is 5.92 Å². The third-order valence-electron chi connectivity index (χ3n) is 1.80. The SMILES string of the molecule is CC(C)Cc1cc(F)cc([N+](=O)[O-])c1. The van der Waals surface area contributed by atoms with Gasteiger partial charge in [-0.3, -0.25) is 10.1 Å². The number of nitro benzene ring substituents is 1. The monoisotopic (exact) mass is 197 g/mol. The number of nitro groups is 1. The zero-order valence-electron chi connectivity index (χ0n) is 8.16. The first-order valence-electron chi connectivity index (χ1n) is 4.43. The van der Waals surface area contributed by atoms with Crippen LogP contribution in [0.15, 0.2) is 18.2 Å². The van der Waals surface area contributed by atoms with Gasteiger partial charge >= 0.3 is 0 Å². The van der Waals surface area contributed by atoms with E-state index in [1.54, 1.807) is 0 Å². The molecule has 0 aliphatic rings. The predicted molar refractivity (Wildman–Crippen MR) is 51.6 cm³/mol. The molecule has 0 heterocycles. The number of halogens is 1. The van der Waals surface area contributed by atoms with Gasteiger partial charge in [0.05, 0.1) is 11.0 Å². The molecular weight excluding hydrogens is 185 g/mol. The van der Waals surface area contributed by atoms with Gasteiger partial charge in [-0.2, -0.15) is 0 Å². The number of hydrogen-bond donors (Lipinski definition) is 0. The van der Waals surface area contributed by atoms with E-state index in [1.807, 2.05) is 13.8 Å². The minimum Gasteiger partial charge on any atom is -0.258 e. The van der Waals surface area contributed by atoms with Gasteiger partial charge in [0.2, 0.25) is 0 Å². The van der Waals surface area contributed by atoms with E-state index in [0.29, 0.717) is 17.9 Å². The Morgan fingerprint density at radius 2 is 2.07 bits per heavy atom. The molecule has 0 radical (unpaired) electrons. The van der Waals surface area contributed by atoms with Gasteiger partial charge in [-0.1, -0.05) is 13.8 Å². The van der Waals surface area contributed by atoms with Crippen molar-refractivity contribution in [1.29, 1.82) is 0 Å². The highest BCUT2D eigenvalue weighted by atomic mass is 19.1. The molecule has 3 nitrogen and oxygen atoms in total. The third kappa shape index (κ3) is 2.80. The molecule has 0 bridgehead atoms. The maximum absolute atomic E-state index is 12.9. The van der Waals surface area contributed by atoms with Crippen LogP contribution in [-0.2, 0) is 6.42 Å². The van der Waals surface area contributed by atoms with Crippen molar-refractivity contribution in [2.75, 3.05) is 0 Å². The lowest BCUT2D eigenvalue weighted by Gasteiger charge is -2.04. The van der Waals surface area contributed by atoms with Crippen molar-refractivity contribution < 1.29 is 9.31 Å². The summed E-state index contributed by atoms with van der Waals surface area (Å²) in [5.74, 6) is -0.189. The molecule has 0 aromatic heterocycles. The average Bonchev–Trinajstić information content (AvgIpc) is 2.01.